The highest BCUT2D eigenvalue weighted by molar-refractivity contribution is 8.00. The second-order valence-electron chi connectivity index (χ2n) is 3.34. The Hall–Kier alpha value is -0.730. The number of carbonyl (C=O) groups is 1. The lowest BCUT2D eigenvalue weighted by molar-refractivity contribution is -0.120. The third kappa shape index (κ3) is 3.56. The van der Waals surface area contributed by atoms with Crippen molar-refractivity contribution in [1.29, 1.82) is 5.26 Å². The second-order valence-corrected chi connectivity index (χ2v) is 4.65. The van der Waals surface area contributed by atoms with Crippen molar-refractivity contribution < 1.29 is 4.79 Å². The van der Waals surface area contributed by atoms with E-state index in [4.69, 9.17) is 5.26 Å². The SMILES string of the molecule is CC(C#N)CNC(=O)C1CNCCS1. The van der Waals surface area contributed by atoms with E-state index in [1.165, 1.54) is 0 Å². The highest BCUT2D eigenvalue weighted by Crippen LogP contribution is 2.13. The standard InChI is InChI=1S/C9H15N3OS/c1-7(4-10)5-12-9(13)8-6-11-2-3-14-8/h7-8,11H,2-3,5-6H2,1H3,(H,12,13). The Labute approximate surface area is 88.4 Å². The van der Waals surface area contributed by atoms with Gasteiger partial charge in [0.1, 0.15) is 0 Å². The molecule has 0 saturated carbocycles. The van der Waals surface area contributed by atoms with Gasteiger partial charge in [-0.2, -0.15) is 5.26 Å². The number of nitrogens with zero attached hydrogens (tertiary/aromatic N) is 1. The van der Waals surface area contributed by atoms with Gasteiger partial charge in [0, 0.05) is 25.4 Å². The van der Waals surface area contributed by atoms with E-state index >= 15 is 0 Å². The van der Waals surface area contributed by atoms with Crippen LogP contribution in [0.5, 0.6) is 0 Å². The van der Waals surface area contributed by atoms with Crippen LogP contribution in [-0.2, 0) is 4.79 Å². The number of nitriles is 1. The van der Waals surface area contributed by atoms with Gasteiger partial charge >= 0.3 is 0 Å². The first kappa shape index (κ1) is 11.3. The monoisotopic (exact) mass is 213 g/mol. The normalized spacial score (nSPS) is 23.6. The molecule has 1 aliphatic heterocycles. The fraction of sp³-hybridized carbons (Fsp3) is 0.778. The summed E-state index contributed by atoms with van der Waals surface area (Å²) in [4.78, 5) is 11.5. The molecule has 0 aromatic carbocycles. The number of rotatable bonds is 3. The van der Waals surface area contributed by atoms with E-state index in [1.54, 1.807) is 18.7 Å². The largest absolute Gasteiger partial charge is 0.354 e. The molecule has 14 heavy (non-hydrogen) atoms. The van der Waals surface area contributed by atoms with Crippen molar-refractivity contribution in [2.75, 3.05) is 25.4 Å². The summed E-state index contributed by atoms with van der Waals surface area (Å²) in [6, 6.07) is 2.09. The second kappa shape index (κ2) is 5.89. The first-order valence-corrected chi connectivity index (χ1v) is 5.78. The van der Waals surface area contributed by atoms with Crippen LogP contribution in [0.2, 0.25) is 0 Å². The molecule has 5 heteroatoms. The van der Waals surface area contributed by atoms with E-state index in [1.807, 2.05) is 0 Å². The lowest BCUT2D eigenvalue weighted by atomic mass is 10.2. The highest BCUT2D eigenvalue weighted by atomic mass is 32.2. The van der Waals surface area contributed by atoms with Gasteiger partial charge in [0.25, 0.3) is 0 Å². The number of carbonyl (C=O) groups excluding carboxylic acids is 1. The lowest BCUT2D eigenvalue weighted by Gasteiger charge is -2.21. The molecule has 0 aromatic rings. The van der Waals surface area contributed by atoms with Crippen molar-refractivity contribution in [3.63, 3.8) is 0 Å². The van der Waals surface area contributed by atoms with Gasteiger partial charge in [0.2, 0.25) is 5.91 Å². The van der Waals surface area contributed by atoms with Gasteiger partial charge in [0.05, 0.1) is 17.2 Å². The molecular weight excluding hydrogens is 198 g/mol. The van der Waals surface area contributed by atoms with Crippen LogP contribution in [-0.4, -0.2) is 36.5 Å². The van der Waals surface area contributed by atoms with Gasteiger partial charge in [-0.25, -0.2) is 0 Å². The molecule has 0 aromatic heterocycles. The summed E-state index contributed by atoms with van der Waals surface area (Å²) < 4.78 is 0. The molecule has 0 bridgehead atoms. The van der Waals surface area contributed by atoms with Crippen LogP contribution in [0, 0.1) is 17.2 Å². The Morgan fingerprint density at radius 3 is 3.21 bits per heavy atom. The molecule has 1 fully saturated rings. The number of amides is 1. The average molecular weight is 213 g/mol. The van der Waals surface area contributed by atoms with Crippen LogP contribution in [0.1, 0.15) is 6.92 Å². The van der Waals surface area contributed by atoms with E-state index in [0.29, 0.717) is 6.54 Å². The molecule has 2 N–H and O–H groups in total. The van der Waals surface area contributed by atoms with E-state index < -0.39 is 0 Å². The van der Waals surface area contributed by atoms with E-state index in [-0.39, 0.29) is 17.1 Å². The first-order valence-electron chi connectivity index (χ1n) is 4.73. The van der Waals surface area contributed by atoms with Crippen LogP contribution in [0.15, 0.2) is 0 Å². The molecule has 2 atom stereocenters. The third-order valence-electron chi connectivity index (χ3n) is 2.02. The fourth-order valence-corrected chi connectivity index (χ4v) is 2.16. The molecule has 78 valence electrons. The van der Waals surface area contributed by atoms with Gasteiger partial charge < -0.3 is 10.6 Å². The molecule has 0 radical (unpaired) electrons. The number of hydrogen-bond acceptors (Lipinski definition) is 4. The highest BCUT2D eigenvalue weighted by Gasteiger charge is 2.21. The topological polar surface area (TPSA) is 64.9 Å². The first-order chi connectivity index (χ1) is 6.74. The van der Waals surface area contributed by atoms with Gasteiger partial charge in [-0.05, 0) is 6.92 Å². The van der Waals surface area contributed by atoms with E-state index in [2.05, 4.69) is 16.7 Å². The predicted octanol–water partition coefficient (Wildman–Crippen LogP) is -0.0327. The number of thioether (sulfide) groups is 1. The number of nitrogens with one attached hydrogen (secondary N) is 2. The van der Waals surface area contributed by atoms with E-state index in [9.17, 15) is 4.79 Å². The zero-order valence-corrected chi connectivity index (χ0v) is 9.06. The predicted molar refractivity (Wildman–Crippen MR) is 56.9 cm³/mol. The summed E-state index contributed by atoms with van der Waals surface area (Å²) in [5.74, 6) is 0.913. The molecule has 0 spiro atoms. The van der Waals surface area contributed by atoms with Crippen LogP contribution in [0.25, 0.3) is 0 Å². The summed E-state index contributed by atoms with van der Waals surface area (Å²) in [7, 11) is 0. The van der Waals surface area contributed by atoms with Gasteiger partial charge in [-0.3, -0.25) is 4.79 Å². The van der Waals surface area contributed by atoms with Crippen molar-refractivity contribution in [2.24, 2.45) is 5.92 Å². The molecule has 2 unspecified atom stereocenters. The van der Waals surface area contributed by atoms with Gasteiger partial charge in [-0.1, -0.05) is 0 Å². The molecule has 1 amide bonds. The van der Waals surface area contributed by atoms with Crippen LogP contribution in [0.4, 0.5) is 0 Å². The zero-order chi connectivity index (χ0) is 10.4. The molecule has 1 saturated heterocycles. The van der Waals surface area contributed by atoms with Crippen molar-refractivity contribution in [2.45, 2.75) is 12.2 Å². The Bertz CT molecular complexity index is 233. The Kier molecular flexibility index (Phi) is 4.77. The molecule has 1 rings (SSSR count). The summed E-state index contributed by atoms with van der Waals surface area (Å²) in [6.45, 7) is 3.96. The number of hydrogen-bond donors (Lipinski definition) is 2. The van der Waals surface area contributed by atoms with Crippen molar-refractivity contribution in [3.8, 4) is 6.07 Å². The average Bonchev–Trinajstić information content (AvgIpc) is 2.26. The zero-order valence-electron chi connectivity index (χ0n) is 8.25. The molecule has 1 aliphatic rings. The maximum atomic E-state index is 11.5. The Morgan fingerprint density at radius 2 is 2.64 bits per heavy atom. The summed E-state index contributed by atoms with van der Waals surface area (Å²) >= 11 is 1.67. The third-order valence-corrected chi connectivity index (χ3v) is 3.25. The minimum atomic E-state index is -0.111. The molecule has 0 aliphatic carbocycles. The van der Waals surface area contributed by atoms with Crippen molar-refractivity contribution in [3.05, 3.63) is 0 Å². The molecule has 1 heterocycles. The van der Waals surface area contributed by atoms with Gasteiger partial charge in [0.15, 0.2) is 0 Å². The minimum absolute atomic E-state index is 0.00893. The van der Waals surface area contributed by atoms with Crippen LogP contribution >= 0.6 is 11.8 Å². The summed E-state index contributed by atoms with van der Waals surface area (Å²) in [5, 5.41) is 14.5. The quantitative estimate of drug-likeness (QED) is 0.691. The van der Waals surface area contributed by atoms with Gasteiger partial charge in [-0.15, -0.1) is 11.8 Å². The molecular formula is C9H15N3OS. The lowest BCUT2D eigenvalue weighted by Crippen LogP contribution is -2.44. The molecule has 4 nitrogen and oxygen atoms in total. The minimum Gasteiger partial charge on any atom is -0.354 e. The Morgan fingerprint density at radius 1 is 1.86 bits per heavy atom. The Balaban J connectivity index is 2.24. The maximum absolute atomic E-state index is 11.5. The van der Waals surface area contributed by atoms with Crippen LogP contribution in [0.3, 0.4) is 0 Å². The maximum Gasteiger partial charge on any atom is 0.234 e. The smallest absolute Gasteiger partial charge is 0.234 e. The van der Waals surface area contributed by atoms with Crippen LogP contribution < -0.4 is 10.6 Å². The summed E-state index contributed by atoms with van der Waals surface area (Å²) in [5.41, 5.74) is 0. The van der Waals surface area contributed by atoms with E-state index in [0.717, 1.165) is 18.8 Å². The van der Waals surface area contributed by atoms with Crippen molar-refractivity contribution in [1.82, 2.24) is 10.6 Å². The summed E-state index contributed by atoms with van der Waals surface area (Å²) in [6.07, 6.45) is 0. The fourth-order valence-electron chi connectivity index (χ4n) is 1.15. The van der Waals surface area contributed by atoms with Crippen molar-refractivity contribution >= 4 is 17.7 Å².